The van der Waals surface area contributed by atoms with E-state index in [1.165, 1.54) is 0 Å². The fraction of sp³-hybridized carbons (Fsp3) is 0.538. The van der Waals surface area contributed by atoms with Crippen molar-refractivity contribution in [3.05, 3.63) is 28.3 Å². The Hall–Kier alpha value is -0.830. The maximum Gasteiger partial charge on any atom is 0.265 e. The zero-order valence-electron chi connectivity index (χ0n) is 10.1. The average molecular weight is 260 g/mol. The first-order valence-electron chi connectivity index (χ1n) is 5.78. The van der Waals surface area contributed by atoms with Gasteiger partial charge in [0.15, 0.2) is 0 Å². The summed E-state index contributed by atoms with van der Waals surface area (Å²) < 4.78 is 26.8. The Morgan fingerprint density at radius 1 is 1.29 bits per heavy atom. The van der Waals surface area contributed by atoms with Crippen LogP contribution < -0.4 is 4.90 Å². The van der Waals surface area contributed by atoms with Crippen molar-refractivity contribution in [1.82, 2.24) is 0 Å². The highest BCUT2D eigenvalue weighted by atomic mass is 35.5. The Labute approximate surface area is 105 Å². The highest BCUT2D eigenvalue weighted by Gasteiger charge is 2.36. The summed E-state index contributed by atoms with van der Waals surface area (Å²) in [6.45, 7) is 4.30. The third-order valence-corrected chi connectivity index (χ3v) is 3.40. The summed E-state index contributed by atoms with van der Waals surface area (Å²) in [7, 11) is 0. The quantitative estimate of drug-likeness (QED) is 0.731. The van der Waals surface area contributed by atoms with Gasteiger partial charge in [0, 0.05) is 13.0 Å². The fourth-order valence-electron chi connectivity index (χ4n) is 2.47. The van der Waals surface area contributed by atoms with Crippen LogP contribution in [0.5, 0.6) is 0 Å². The summed E-state index contributed by atoms with van der Waals surface area (Å²) >= 11 is 6.17. The minimum Gasteiger partial charge on any atom is -0.364 e. The molecule has 1 nitrogen and oxygen atoms in total. The van der Waals surface area contributed by atoms with Gasteiger partial charge in [0.2, 0.25) is 0 Å². The number of rotatable bonds is 1. The van der Waals surface area contributed by atoms with E-state index in [-0.39, 0.29) is 13.0 Å². The first-order chi connectivity index (χ1) is 7.89. The van der Waals surface area contributed by atoms with Gasteiger partial charge in [0.1, 0.15) is 0 Å². The lowest BCUT2D eigenvalue weighted by Gasteiger charge is -2.35. The van der Waals surface area contributed by atoms with Crippen LogP contribution in [0.15, 0.2) is 12.1 Å². The molecular weight excluding hydrogens is 244 g/mol. The number of alkyl halides is 2. The molecule has 2 rings (SSSR count). The van der Waals surface area contributed by atoms with E-state index in [9.17, 15) is 8.78 Å². The van der Waals surface area contributed by atoms with Crippen LogP contribution >= 0.6 is 11.6 Å². The molecule has 1 aromatic carbocycles. The standard InChI is InChI=1S/C13H16ClF2N/c1-9-6-10(2)12(11(14)7-9)17-5-3-4-13(15,16)8-17/h6-7H,3-5,8H2,1-2H3. The molecule has 0 spiro atoms. The van der Waals surface area contributed by atoms with Gasteiger partial charge in [-0.1, -0.05) is 17.7 Å². The number of anilines is 1. The third-order valence-electron chi connectivity index (χ3n) is 3.11. The fourth-order valence-corrected chi connectivity index (χ4v) is 2.91. The number of hydrogen-bond acceptors (Lipinski definition) is 1. The first-order valence-corrected chi connectivity index (χ1v) is 6.16. The average Bonchev–Trinajstić information content (AvgIpc) is 2.13. The van der Waals surface area contributed by atoms with Crippen LogP contribution in [0.2, 0.25) is 5.02 Å². The van der Waals surface area contributed by atoms with E-state index >= 15 is 0 Å². The predicted octanol–water partition coefficient (Wildman–Crippen LogP) is 4.19. The van der Waals surface area contributed by atoms with E-state index in [1.807, 2.05) is 26.0 Å². The molecule has 0 radical (unpaired) electrons. The molecule has 4 heteroatoms. The second kappa shape index (κ2) is 4.45. The minimum atomic E-state index is -2.60. The van der Waals surface area contributed by atoms with Crippen LogP contribution in [0.1, 0.15) is 24.0 Å². The minimum absolute atomic E-state index is 0.0218. The number of hydrogen-bond donors (Lipinski definition) is 0. The molecule has 0 unspecified atom stereocenters. The number of nitrogens with zero attached hydrogens (tertiary/aromatic N) is 1. The molecule has 0 atom stereocenters. The molecule has 0 saturated carbocycles. The van der Waals surface area contributed by atoms with E-state index in [1.54, 1.807) is 4.90 Å². The van der Waals surface area contributed by atoms with Gasteiger partial charge in [0.05, 0.1) is 17.3 Å². The molecule has 0 N–H and O–H groups in total. The SMILES string of the molecule is Cc1cc(C)c(N2CCCC(F)(F)C2)c(Cl)c1. The van der Waals surface area contributed by atoms with Crippen LogP contribution in [-0.2, 0) is 0 Å². The highest BCUT2D eigenvalue weighted by Crippen LogP contribution is 2.36. The lowest BCUT2D eigenvalue weighted by atomic mass is 10.0. The predicted molar refractivity (Wildman–Crippen MR) is 67.3 cm³/mol. The molecule has 0 bridgehead atoms. The second-order valence-corrected chi connectivity index (χ2v) is 5.20. The Morgan fingerprint density at radius 2 is 2.00 bits per heavy atom. The van der Waals surface area contributed by atoms with Crippen molar-refractivity contribution in [3.63, 3.8) is 0 Å². The number of benzene rings is 1. The Balaban J connectivity index is 2.34. The lowest BCUT2D eigenvalue weighted by Crippen LogP contribution is -2.43. The molecule has 0 amide bonds. The summed E-state index contributed by atoms with van der Waals surface area (Å²) in [6, 6.07) is 3.81. The molecule has 0 aliphatic carbocycles. The smallest absolute Gasteiger partial charge is 0.265 e. The molecule has 1 aromatic rings. The molecule has 1 heterocycles. The normalized spacial score (nSPS) is 19.5. The van der Waals surface area contributed by atoms with Crippen LogP contribution in [0, 0.1) is 13.8 Å². The van der Waals surface area contributed by atoms with Crippen LogP contribution in [0.25, 0.3) is 0 Å². The van der Waals surface area contributed by atoms with Crippen LogP contribution in [0.4, 0.5) is 14.5 Å². The monoisotopic (exact) mass is 259 g/mol. The maximum absolute atomic E-state index is 13.4. The van der Waals surface area contributed by atoms with Gasteiger partial charge >= 0.3 is 0 Å². The summed E-state index contributed by atoms with van der Waals surface area (Å²) in [4.78, 5) is 1.71. The largest absolute Gasteiger partial charge is 0.364 e. The summed E-state index contributed by atoms with van der Waals surface area (Å²) in [6.07, 6.45) is 0.489. The van der Waals surface area contributed by atoms with E-state index < -0.39 is 5.92 Å². The summed E-state index contributed by atoms with van der Waals surface area (Å²) in [5, 5.41) is 0.570. The van der Waals surface area contributed by atoms with Crippen molar-refractivity contribution in [2.45, 2.75) is 32.6 Å². The number of halogens is 3. The Morgan fingerprint density at radius 3 is 2.59 bits per heavy atom. The Kier molecular flexibility index (Phi) is 3.30. The van der Waals surface area contributed by atoms with Crippen molar-refractivity contribution in [1.29, 1.82) is 0 Å². The molecule has 1 aliphatic rings. The topological polar surface area (TPSA) is 3.24 Å². The van der Waals surface area contributed by atoms with Crippen molar-refractivity contribution in [2.75, 3.05) is 18.0 Å². The summed E-state index contributed by atoms with van der Waals surface area (Å²) in [5.41, 5.74) is 2.78. The van der Waals surface area contributed by atoms with Gasteiger partial charge in [0.25, 0.3) is 5.92 Å². The molecular formula is C13H16ClF2N. The van der Waals surface area contributed by atoms with Gasteiger partial charge in [-0.3, -0.25) is 0 Å². The van der Waals surface area contributed by atoms with E-state index in [4.69, 9.17) is 11.6 Å². The van der Waals surface area contributed by atoms with Crippen molar-refractivity contribution in [3.8, 4) is 0 Å². The molecule has 1 fully saturated rings. The van der Waals surface area contributed by atoms with Gasteiger partial charge < -0.3 is 4.90 Å². The lowest BCUT2D eigenvalue weighted by molar-refractivity contribution is -0.0116. The van der Waals surface area contributed by atoms with Crippen LogP contribution in [0.3, 0.4) is 0 Å². The maximum atomic E-state index is 13.4. The Bertz CT molecular complexity index is 408. The van der Waals surface area contributed by atoms with E-state index in [0.717, 1.165) is 16.8 Å². The van der Waals surface area contributed by atoms with Crippen molar-refractivity contribution < 1.29 is 8.78 Å². The highest BCUT2D eigenvalue weighted by molar-refractivity contribution is 6.33. The summed E-state index contributed by atoms with van der Waals surface area (Å²) in [5.74, 6) is -2.60. The second-order valence-electron chi connectivity index (χ2n) is 4.79. The zero-order valence-corrected chi connectivity index (χ0v) is 10.8. The molecule has 0 aromatic heterocycles. The molecule has 94 valence electrons. The first kappa shape index (κ1) is 12.6. The van der Waals surface area contributed by atoms with E-state index in [0.29, 0.717) is 18.0 Å². The van der Waals surface area contributed by atoms with Gasteiger partial charge in [-0.25, -0.2) is 8.78 Å². The van der Waals surface area contributed by atoms with Crippen molar-refractivity contribution >= 4 is 17.3 Å². The van der Waals surface area contributed by atoms with E-state index in [2.05, 4.69) is 0 Å². The zero-order chi connectivity index (χ0) is 12.6. The van der Waals surface area contributed by atoms with Gasteiger partial charge in [-0.15, -0.1) is 0 Å². The van der Waals surface area contributed by atoms with Gasteiger partial charge in [-0.05, 0) is 37.5 Å². The number of piperidine rings is 1. The van der Waals surface area contributed by atoms with Gasteiger partial charge in [-0.2, -0.15) is 0 Å². The number of aryl methyl sites for hydroxylation is 2. The molecule has 17 heavy (non-hydrogen) atoms. The molecule has 1 saturated heterocycles. The van der Waals surface area contributed by atoms with Crippen molar-refractivity contribution in [2.24, 2.45) is 0 Å². The van der Waals surface area contributed by atoms with Crippen LogP contribution in [-0.4, -0.2) is 19.0 Å². The third kappa shape index (κ3) is 2.71. The molecule has 1 aliphatic heterocycles.